The number of halogens is 6. The standard InChI is InChI=1S/C9H5ClF5NO2/c1-18-8(17)6-5(9(13,14)15)4(7(11)12)3(10)2-16-6/h2,7H,1H3. The van der Waals surface area contributed by atoms with Crippen LogP contribution in [0, 0.1) is 0 Å². The Morgan fingerprint density at radius 2 is 2.00 bits per heavy atom. The number of aromatic nitrogens is 1. The van der Waals surface area contributed by atoms with Gasteiger partial charge in [-0.05, 0) is 0 Å². The van der Waals surface area contributed by atoms with E-state index in [1.54, 1.807) is 0 Å². The zero-order valence-electron chi connectivity index (χ0n) is 8.69. The molecule has 9 heteroatoms. The third-order valence-corrected chi connectivity index (χ3v) is 2.25. The van der Waals surface area contributed by atoms with E-state index in [1.165, 1.54) is 0 Å². The number of ether oxygens (including phenoxy) is 1. The van der Waals surface area contributed by atoms with Crippen LogP contribution in [0.1, 0.15) is 28.0 Å². The summed E-state index contributed by atoms with van der Waals surface area (Å²) in [6.45, 7) is 0. The quantitative estimate of drug-likeness (QED) is 0.618. The van der Waals surface area contributed by atoms with Crippen molar-refractivity contribution in [2.75, 3.05) is 7.11 Å². The number of carbonyl (C=O) groups excluding carboxylic acids is 1. The number of methoxy groups -OCH3 is 1. The number of hydrogen-bond donors (Lipinski definition) is 0. The molecule has 18 heavy (non-hydrogen) atoms. The summed E-state index contributed by atoms with van der Waals surface area (Å²) in [7, 11) is 0.806. The molecule has 1 aromatic heterocycles. The SMILES string of the molecule is COC(=O)c1ncc(Cl)c(C(F)F)c1C(F)(F)F. The van der Waals surface area contributed by atoms with Gasteiger partial charge in [-0.25, -0.2) is 18.6 Å². The molecule has 3 nitrogen and oxygen atoms in total. The Labute approximate surface area is 103 Å². The van der Waals surface area contributed by atoms with Gasteiger partial charge in [0.05, 0.1) is 23.3 Å². The maximum absolute atomic E-state index is 12.7. The minimum atomic E-state index is -5.20. The normalized spacial score (nSPS) is 11.8. The van der Waals surface area contributed by atoms with Gasteiger partial charge in [0, 0.05) is 6.20 Å². The lowest BCUT2D eigenvalue weighted by molar-refractivity contribution is -0.140. The zero-order chi connectivity index (χ0) is 14.1. The summed E-state index contributed by atoms with van der Waals surface area (Å²) < 4.78 is 67.4. The van der Waals surface area contributed by atoms with E-state index < -0.39 is 40.4 Å². The lowest BCUT2D eigenvalue weighted by Crippen LogP contribution is -2.19. The Morgan fingerprint density at radius 3 is 2.39 bits per heavy atom. The maximum atomic E-state index is 12.7. The van der Waals surface area contributed by atoms with Crippen molar-refractivity contribution in [3.05, 3.63) is 28.0 Å². The van der Waals surface area contributed by atoms with Gasteiger partial charge in [-0.1, -0.05) is 11.6 Å². The van der Waals surface area contributed by atoms with Crippen LogP contribution in [0.2, 0.25) is 5.02 Å². The number of rotatable bonds is 2. The van der Waals surface area contributed by atoms with Crippen LogP contribution in [-0.4, -0.2) is 18.1 Å². The van der Waals surface area contributed by atoms with Crippen LogP contribution in [0.5, 0.6) is 0 Å². The summed E-state index contributed by atoms with van der Waals surface area (Å²) >= 11 is 5.26. The van der Waals surface area contributed by atoms with Crippen LogP contribution in [-0.2, 0) is 10.9 Å². The smallest absolute Gasteiger partial charge is 0.419 e. The summed E-state index contributed by atoms with van der Waals surface area (Å²) in [5, 5.41) is -0.870. The molecule has 0 unspecified atom stereocenters. The van der Waals surface area contributed by atoms with Crippen LogP contribution >= 0.6 is 11.6 Å². The van der Waals surface area contributed by atoms with E-state index in [4.69, 9.17) is 11.6 Å². The number of esters is 1. The first-order chi connectivity index (χ1) is 8.20. The molecular formula is C9H5ClF5NO2. The first kappa shape index (κ1) is 14.6. The molecule has 0 aliphatic heterocycles. The average Bonchev–Trinajstić information content (AvgIpc) is 2.25. The zero-order valence-corrected chi connectivity index (χ0v) is 9.44. The minimum absolute atomic E-state index is 0.546. The monoisotopic (exact) mass is 289 g/mol. The van der Waals surface area contributed by atoms with Gasteiger partial charge < -0.3 is 4.74 Å². The van der Waals surface area contributed by atoms with Crippen LogP contribution in [0.4, 0.5) is 22.0 Å². The molecule has 1 rings (SSSR count). The average molecular weight is 290 g/mol. The van der Waals surface area contributed by atoms with Crippen LogP contribution in [0.15, 0.2) is 6.20 Å². The van der Waals surface area contributed by atoms with Crippen LogP contribution in [0.25, 0.3) is 0 Å². The highest BCUT2D eigenvalue weighted by Gasteiger charge is 2.42. The third kappa shape index (κ3) is 2.69. The van der Waals surface area contributed by atoms with Crippen molar-refractivity contribution in [1.29, 1.82) is 0 Å². The predicted octanol–water partition coefficient (Wildman–Crippen LogP) is 3.48. The van der Waals surface area contributed by atoms with Gasteiger partial charge in [0.25, 0.3) is 6.43 Å². The van der Waals surface area contributed by atoms with E-state index in [2.05, 4.69) is 9.72 Å². The Hall–Kier alpha value is -1.44. The van der Waals surface area contributed by atoms with Crippen molar-refractivity contribution < 1.29 is 31.5 Å². The van der Waals surface area contributed by atoms with Gasteiger partial charge in [0.2, 0.25) is 0 Å². The Morgan fingerprint density at radius 1 is 1.44 bits per heavy atom. The van der Waals surface area contributed by atoms with E-state index in [9.17, 15) is 26.7 Å². The van der Waals surface area contributed by atoms with Crippen LogP contribution < -0.4 is 0 Å². The highest BCUT2D eigenvalue weighted by atomic mass is 35.5. The van der Waals surface area contributed by atoms with Crippen LogP contribution in [0.3, 0.4) is 0 Å². The van der Waals surface area contributed by atoms with Crippen molar-refractivity contribution in [1.82, 2.24) is 4.98 Å². The molecule has 1 heterocycles. The fraction of sp³-hybridized carbons (Fsp3) is 0.333. The highest BCUT2D eigenvalue weighted by molar-refractivity contribution is 6.31. The lowest BCUT2D eigenvalue weighted by atomic mass is 10.1. The second-order valence-corrected chi connectivity index (χ2v) is 3.44. The number of hydrogen-bond acceptors (Lipinski definition) is 3. The molecule has 0 bridgehead atoms. The van der Waals surface area contributed by atoms with Gasteiger partial charge >= 0.3 is 12.1 Å². The molecule has 100 valence electrons. The molecule has 0 saturated carbocycles. The lowest BCUT2D eigenvalue weighted by Gasteiger charge is -2.16. The number of pyridine rings is 1. The fourth-order valence-corrected chi connectivity index (χ4v) is 1.48. The van der Waals surface area contributed by atoms with Crippen molar-refractivity contribution in [3.63, 3.8) is 0 Å². The van der Waals surface area contributed by atoms with Crippen molar-refractivity contribution in [2.24, 2.45) is 0 Å². The van der Waals surface area contributed by atoms with E-state index in [0.29, 0.717) is 6.20 Å². The first-order valence-corrected chi connectivity index (χ1v) is 4.70. The molecule has 0 aliphatic carbocycles. The molecule has 0 radical (unpaired) electrons. The summed E-state index contributed by atoms with van der Waals surface area (Å²) in [5.41, 5.74) is -4.61. The van der Waals surface area contributed by atoms with E-state index in [0.717, 1.165) is 7.11 Å². The molecule has 0 aliphatic rings. The fourth-order valence-electron chi connectivity index (χ4n) is 1.25. The van der Waals surface area contributed by atoms with Gasteiger partial charge in [-0.3, -0.25) is 0 Å². The first-order valence-electron chi connectivity index (χ1n) is 4.32. The van der Waals surface area contributed by atoms with Crippen molar-refractivity contribution >= 4 is 17.6 Å². The summed E-state index contributed by atoms with van der Waals surface area (Å²) in [4.78, 5) is 14.2. The van der Waals surface area contributed by atoms with Gasteiger partial charge in [0.1, 0.15) is 0 Å². The molecule has 0 N–H and O–H groups in total. The second kappa shape index (κ2) is 5.05. The van der Waals surface area contributed by atoms with Crippen molar-refractivity contribution in [3.8, 4) is 0 Å². The second-order valence-electron chi connectivity index (χ2n) is 3.03. The molecule has 0 aromatic carbocycles. The molecule has 0 spiro atoms. The maximum Gasteiger partial charge on any atom is 0.419 e. The topological polar surface area (TPSA) is 39.2 Å². The van der Waals surface area contributed by atoms with E-state index >= 15 is 0 Å². The van der Waals surface area contributed by atoms with Gasteiger partial charge in [-0.2, -0.15) is 13.2 Å². The van der Waals surface area contributed by atoms with Crippen molar-refractivity contribution in [2.45, 2.75) is 12.6 Å². The Bertz CT molecular complexity index is 475. The third-order valence-electron chi connectivity index (χ3n) is 1.95. The molecule has 0 fully saturated rings. The summed E-state index contributed by atoms with van der Waals surface area (Å²) in [6.07, 6.45) is -8.15. The van der Waals surface area contributed by atoms with Gasteiger partial charge in [-0.15, -0.1) is 0 Å². The molecular weight excluding hydrogens is 285 g/mol. The molecule has 0 atom stereocenters. The Balaban J connectivity index is 3.65. The summed E-state index contributed by atoms with van der Waals surface area (Å²) in [5.74, 6) is -1.47. The number of carbonyl (C=O) groups is 1. The predicted molar refractivity (Wildman–Crippen MR) is 50.5 cm³/mol. The number of nitrogens with zero attached hydrogens (tertiary/aromatic N) is 1. The van der Waals surface area contributed by atoms with E-state index in [1.807, 2.05) is 0 Å². The largest absolute Gasteiger partial charge is 0.464 e. The number of alkyl halides is 5. The highest BCUT2D eigenvalue weighted by Crippen LogP contribution is 2.41. The Kier molecular flexibility index (Phi) is 4.10. The summed E-state index contributed by atoms with van der Waals surface area (Å²) in [6, 6.07) is 0. The molecule has 0 saturated heterocycles. The molecule has 0 amide bonds. The minimum Gasteiger partial charge on any atom is -0.464 e. The molecule has 1 aromatic rings. The van der Waals surface area contributed by atoms with E-state index in [-0.39, 0.29) is 0 Å². The van der Waals surface area contributed by atoms with Gasteiger partial charge in [0.15, 0.2) is 5.69 Å².